The monoisotopic (exact) mass is 283 g/mol. The van der Waals surface area contributed by atoms with Gasteiger partial charge in [-0.1, -0.05) is 63.1 Å². The third-order valence-corrected chi connectivity index (χ3v) is 3.78. The maximum Gasteiger partial charge on any atom is 0.137 e. The Morgan fingerprint density at radius 1 is 1.16 bits per heavy atom. The molecule has 0 heterocycles. The molecule has 1 rings (SSSR count). The normalized spacial score (nSPS) is 12.4. The Balaban J connectivity index is 2.34. The zero-order valence-electron chi connectivity index (χ0n) is 12.1. The first kappa shape index (κ1) is 16.3. The van der Waals surface area contributed by atoms with Gasteiger partial charge in [-0.25, -0.2) is 0 Å². The van der Waals surface area contributed by atoms with Crippen LogP contribution < -0.4 is 10.5 Å². The first-order chi connectivity index (χ1) is 9.19. The fraction of sp³-hybridized carbons (Fsp3) is 0.625. The second-order valence-electron chi connectivity index (χ2n) is 5.06. The molecule has 0 radical (unpaired) electrons. The van der Waals surface area contributed by atoms with Crippen LogP contribution in [0.2, 0.25) is 5.02 Å². The number of hydrogen-bond donors (Lipinski definition) is 1. The van der Waals surface area contributed by atoms with Crippen LogP contribution in [-0.2, 0) is 0 Å². The molecule has 2 N–H and O–H groups in total. The first-order valence-corrected chi connectivity index (χ1v) is 7.65. The van der Waals surface area contributed by atoms with Gasteiger partial charge in [-0.05, 0) is 24.1 Å². The van der Waals surface area contributed by atoms with Crippen LogP contribution in [0.15, 0.2) is 18.2 Å². The third kappa shape index (κ3) is 5.84. The lowest BCUT2D eigenvalue weighted by molar-refractivity contribution is 0.413. The van der Waals surface area contributed by atoms with Gasteiger partial charge in [-0.3, -0.25) is 0 Å². The number of rotatable bonds is 9. The summed E-state index contributed by atoms with van der Waals surface area (Å²) in [6, 6.07) is 5.88. The van der Waals surface area contributed by atoms with Crippen LogP contribution in [0.3, 0.4) is 0 Å². The molecule has 0 saturated carbocycles. The van der Waals surface area contributed by atoms with E-state index in [4.69, 9.17) is 22.1 Å². The Morgan fingerprint density at radius 3 is 2.53 bits per heavy atom. The van der Waals surface area contributed by atoms with Gasteiger partial charge in [0, 0.05) is 6.04 Å². The highest BCUT2D eigenvalue weighted by Crippen LogP contribution is 2.28. The molecule has 0 amide bonds. The highest BCUT2D eigenvalue weighted by molar-refractivity contribution is 6.32. The number of unbranched alkanes of at least 4 members (excludes halogenated alkanes) is 5. The summed E-state index contributed by atoms with van der Waals surface area (Å²) in [6.07, 6.45) is 8.81. The van der Waals surface area contributed by atoms with E-state index in [1.807, 2.05) is 18.2 Å². The molecule has 1 aromatic carbocycles. The fourth-order valence-corrected chi connectivity index (χ4v) is 2.41. The van der Waals surface area contributed by atoms with Crippen molar-refractivity contribution >= 4 is 11.6 Å². The summed E-state index contributed by atoms with van der Waals surface area (Å²) in [5.74, 6) is 0.706. The van der Waals surface area contributed by atoms with Crippen molar-refractivity contribution in [1.82, 2.24) is 0 Å². The number of methoxy groups -OCH3 is 1. The molecule has 108 valence electrons. The topological polar surface area (TPSA) is 35.2 Å². The van der Waals surface area contributed by atoms with Gasteiger partial charge in [0.1, 0.15) is 5.75 Å². The standard InChI is InChI=1S/C16H26ClNO/c1-3-4-5-6-7-8-9-15(18)13-10-11-14(17)16(12-13)19-2/h10-12,15H,3-9,18H2,1-2H3. The van der Waals surface area contributed by atoms with E-state index in [1.54, 1.807) is 7.11 Å². The summed E-state index contributed by atoms with van der Waals surface area (Å²) in [6.45, 7) is 2.24. The number of ether oxygens (including phenoxy) is 1. The van der Waals surface area contributed by atoms with Crippen molar-refractivity contribution in [2.75, 3.05) is 7.11 Å². The van der Waals surface area contributed by atoms with E-state index >= 15 is 0 Å². The average Bonchev–Trinajstić information content (AvgIpc) is 2.43. The van der Waals surface area contributed by atoms with Crippen LogP contribution in [0.25, 0.3) is 0 Å². The Morgan fingerprint density at radius 2 is 1.84 bits per heavy atom. The van der Waals surface area contributed by atoms with Crippen molar-refractivity contribution < 1.29 is 4.74 Å². The lowest BCUT2D eigenvalue weighted by atomic mass is 10.00. The van der Waals surface area contributed by atoms with Gasteiger partial charge in [0.05, 0.1) is 12.1 Å². The van der Waals surface area contributed by atoms with Gasteiger partial charge in [0.25, 0.3) is 0 Å². The number of hydrogen-bond acceptors (Lipinski definition) is 2. The van der Waals surface area contributed by atoms with E-state index < -0.39 is 0 Å². The van der Waals surface area contributed by atoms with Crippen LogP contribution in [0.1, 0.15) is 63.5 Å². The van der Waals surface area contributed by atoms with E-state index in [9.17, 15) is 0 Å². The average molecular weight is 284 g/mol. The Hall–Kier alpha value is -0.730. The molecule has 2 nitrogen and oxygen atoms in total. The molecular weight excluding hydrogens is 258 g/mol. The zero-order chi connectivity index (χ0) is 14.1. The maximum absolute atomic E-state index is 6.21. The smallest absolute Gasteiger partial charge is 0.137 e. The van der Waals surface area contributed by atoms with Gasteiger partial charge in [0.15, 0.2) is 0 Å². The molecule has 19 heavy (non-hydrogen) atoms. The first-order valence-electron chi connectivity index (χ1n) is 7.28. The highest BCUT2D eigenvalue weighted by Gasteiger charge is 2.09. The van der Waals surface area contributed by atoms with Crippen molar-refractivity contribution in [3.05, 3.63) is 28.8 Å². The van der Waals surface area contributed by atoms with Crippen LogP contribution in [0.4, 0.5) is 0 Å². The lowest BCUT2D eigenvalue weighted by Crippen LogP contribution is -2.10. The summed E-state index contributed by atoms with van der Waals surface area (Å²) in [5, 5.41) is 0.637. The zero-order valence-corrected chi connectivity index (χ0v) is 12.9. The van der Waals surface area contributed by atoms with Crippen molar-refractivity contribution in [3.63, 3.8) is 0 Å². The lowest BCUT2D eigenvalue weighted by Gasteiger charge is -2.13. The van der Waals surface area contributed by atoms with Gasteiger partial charge in [-0.15, -0.1) is 0 Å². The molecule has 1 aromatic rings. The van der Waals surface area contributed by atoms with E-state index in [0.717, 1.165) is 12.0 Å². The van der Waals surface area contributed by atoms with Gasteiger partial charge < -0.3 is 10.5 Å². The molecule has 1 unspecified atom stereocenters. The van der Waals surface area contributed by atoms with Crippen LogP contribution in [-0.4, -0.2) is 7.11 Å². The predicted molar refractivity (Wildman–Crippen MR) is 82.9 cm³/mol. The fourth-order valence-electron chi connectivity index (χ4n) is 2.22. The van der Waals surface area contributed by atoms with Crippen LogP contribution in [0, 0.1) is 0 Å². The van der Waals surface area contributed by atoms with Gasteiger partial charge in [-0.2, -0.15) is 0 Å². The van der Waals surface area contributed by atoms with E-state index in [2.05, 4.69) is 6.92 Å². The predicted octanol–water partition coefficient (Wildman–Crippen LogP) is 5.10. The Bertz CT molecular complexity index is 368. The maximum atomic E-state index is 6.21. The molecule has 0 aliphatic heterocycles. The van der Waals surface area contributed by atoms with E-state index in [0.29, 0.717) is 10.8 Å². The molecule has 0 aliphatic rings. The molecule has 0 bridgehead atoms. The van der Waals surface area contributed by atoms with Crippen molar-refractivity contribution in [2.45, 2.75) is 57.9 Å². The van der Waals surface area contributed by atoms with E-state index in [-0.39, 0.29) is 6.04 Å². The highest BCUT2D eigenvalue weighted by atomic mass is 35.5. The molecular formula is C16H26ClNO. The van der Waals surface area contributed by atoms with Gasteiger partial charge in [0.2, 0.25) is 0 Å². The molecule has 3 heteroatoms. The van der Waals surface area contributed by atoms with Crippen molar-refractivity contribution in [1.29, 1.82) is 0 Å². The largest absolute Gasteiger partial charge is 0.495 e. The second-order valence-corrected chi connectivity index (χ2v) is 5.46. The van der Waals surface area contributed by atoms with Crippen LogP contribution in [0.5, 0.6) is 5.75 Å². The number of benzene rings is 1. The third-order valence-electron chi connectivity index (χ3n) is 3.47. The minimum Gasteiger partial charge on any atom is -0.495 e. The Kier molecular flexibility index (Phi) is 7.92. The minimum absolute atomic E-state index is 0.0809. The van der Waals surface area contributed by atoms with Crippen LogP contribution >= 0.6 is 11.6 Å². The SMILES string of the molecule is CCCCCCCCC(N)c1ccc(Cl)c(OC)c1. The van der Waals surface area contributed by atoms with Gasteiger partial charge >= 0.3 is 0 Å². The molecule has 0 saturated heterocycles. The summed E-state index contributed by atoms with van der Waals surface area (Å²) in [5.41, 5.74) is 7.32. The minimum atomic E-state index is 0.0809. The number of halogens is 1. The Labute approximate surface area is 122 Å². The summed E-state index contributed by atoms with van der Waals surface area (Å²) in [7, 11) is 1.63. The molecule has 0 spiro atoms. The second kappa shape index (κ2) is 9.22. The molecule has 0 aliphatic carbocycles. The molecule has 0 aromatic heterocycles. The summed E-state index contributed by atoms with van der Waals surface area (Å²) >= 11 is 6.01. The molecule has 1 atom stereocenters. The van der Waals surface area contributed by atoms with Crippen molar-refractivity contribution in [2.24, 2.45) is 5.73 Å². The summed E-state index contributed by atoms with van der Waals surface area (Å²) in [4.78, 5) is 0. The van der Waals surface area contributed by atoms with E-state index in [1.165, 1.54) is 38.5 Å². The quantitative estimate of drug-likeness (QED) is 0.640. The number of nitrogens with two attached hydrogens (primary N) is 1. The summed E-state index contributed by atoms with van der Waals surface area (Å²) < 4.78 is 5.22. The molecule has 0 fully saturated rings. The van der Waals surface area contributed by atoms with Crippen molar-refractivity contribution in [3.8, 4) is 5.75 Å².